The maximum Gasteiger partial charge on any atom is 0.317 e. The number of fused-ring (bicyclic) bond motifs is 2. The van der Waals surface area contributed by atoms with Gasteiger partial charge in [0.05, 0.1) is 5.41 Å². The zero-order valence-electron chi connectivity index (χ0n) is 17.7. The third-order valence-corrected chi connectivity index (χ3v) is 5.89. The van der Waals surface area contributed by atoms with Crippen LogP contribution in [0.1, 0.15) is 47.5 Å². The Kier molecular flexibility index (Phi) is 6.73. The molecule has 0 amide bonds. The minimum absolute atomic E-state index is 0.0160. The Morgan fingerprint density at radius 3 is 2.07 bits per heavy atom. The van der Waals surface area contributed by atoms with Crippen molar-refractivity contribution in [3.05, 3.63) is 59.8 Å². The minimum atomic E-state index is -1.40. The van der Waals surface area contributed by atoms with Gasteiger partial charge in [-0.1, -0.05) is 36.5 Å². The first kappa shape index (κ1) is 22.5. The summed E-state index contributed by atoms with van der Waals surface area (Å²) < 4.78 is 5.55. The fourth-order valence-corrected chi connectivity index (χ4v) is 4.27. The average molecular weight is 396 g/mol. The zero-order chi connectivity index (χ0) is 21.8. The number of allylic oxidation sites excluding steroid dienone is 8. The van der Waals surface area contributed by atoms with E-state index in [4.69, 9.17) is 4.74 Å². The number of hydrogen-bond acceptors (Lipinski definition) is 5. The summed E-state index contributed by atoms with van der Waals surface area (Å²) in [6.07, 6.45) is 13.1. The van der Waals surface area contributed by atoms with E-state index in [2.05, 4.69) is 0 Å². The molecule has 0 radical (unpaired) electrons. The molecule has 2 bridgehead atoms. The highest BCUT2D eigenvalue weighted by atomic mass is 16.6. The normalized spacial score (nSPS) is 29.8. The van der Waals surface area contributed by atoms with Crippen molar-refractivity contribution in [3.8, 4) is 0 Å². The SMILES string of the molecule is C/C=C/C=C/C(=O)CC1=C(C)C(=O)[C@@]2(C)OC(=O)[C@]1(C)[C@H]2CC(=O)/C=C/C=C/C. The summed E-state index contributed by atoms with van der Waals surface area (Å²) in [7, 11) is 0. The van der Waals surface area contributed by atoms with Gasteiger partial charge in [-0.25, -0.2) is 0 Å². The van der Waals surface area contributed by atoms with E-state index in [0.29, 0.717) is 11.1 Å². The molecule has 0 saturated carbocycles. The molecule has 1 heterocycles. The number of esters is 1. The quantitative estimate of drug-likeness (QED) is 0.352. The molecule has 0 unspecified atom stereocenters. The molecule has 1 saturated heterocycles. The summed E-state index contributed by atoms with van der Waals surface area (Å²) >= 11 is 0. The molecule has 5 nitrogen and oxygen atoms in total. The van der Waals surface area contributed by atoms with Crippen LogP contribution in [-0.4, -0.2) is 28.9 Å². The Hall–Kier alpha value is -2.82. The van der Waals surface area contributed by atoms with Crippen LogP contribution in [0.5, 0.6) is 0 Å². The topological polar surface area (TPSA) is 77.5 Å². The van der Waals surface area contributed by atoms with Crippen molar-refractivity contribution in [2.24, 2.45) is 11.3 Å². The average Bonchev–Trinajstić information content (AvgIpc) is 2.84. The van der Waals surface area contributed by atoms with Gasteiger partial charge in [0.25, 0.3) is 0 Å². The van der Waals surface area contributed by atoms with Gasteiger partial charge in [0.15, 0.2) is 17.2 Å². The van der Waals surface area contributed by atoms with Crippen LogP contribution in [0.4, 0.5) is 0 Å². The van der Waals surface area contributed by atoms with Gasteiger partial charge in [0.2, 0.25) is 5.78 Å². The third-order valence-electron chi connectivity index (χ3n) is 5.89. The predicted molar refractivity (Wildman–Crippen MR) is 111 cm³/mol. The van der Waals surface area contributed by atoms with Crippen molar-refractivity contribution in [3.63, 3.8) is 0 Å². The standard InChI is InChI=1S/C24H28O5/c1-6-8-10-12-17(25)14-19-16(3)21(27)24(5)20(23(19,4)22(28)29-24)15-18(26)13-11-9-7-2/h6-13,20H,14-15H2,1-5H3/b8-6+,9-7+,12-10+,13-11+/t20-,23+,24+/m1/s1. The fraction of sp³-hybridized carbons (Fsp3) is 0.417. The predicted octanol–water partition coefficient (Wildman–Crippen LogP) is 4.01. The molecule has 0 N–H and O–H groups in total. The van der Waals surface area contributed by atoms with E-state index < -0.39 is 22.9 Å². The second kappa shape index (κ2) is 8.68. The molecule has 1 aliphatic carbocycles. The van der Waals surface area contributed by atoms with Crippen LogP contribution < -0.4 is 0 Å². The van der Waals surface area contributed by atoms with Gasteiger partial charge < -0.3 is 4.74 Å². The van der Waals surface area contributed by atoms with Gasteiger partial charge in [-0.15, -0.1) is 0 Å². The van der Waals surface area contributed by atoms with Crippen LogP contribution in [0.15, 0.2) is 59.8 Å². The van der Waals surface area contributed by atoms with Crippen molar-refractivity contribution in [2.45, 2.75) is 53.1 Å². The smallest absolute Gasteiger partial charge is 0.317 e. The Morgan fingerprint density at radius 1 is 0.966 bits per heavy atom. The summed E-state index contributed by atoms with van der Waals surface area (Å²) in [6, 6.07) is 0. The largest absolute Gasteiger partial charge is 0.450 e. The van der Waals surface area contributed by atoms with Crippen molar-refractivity contribution < 1.29 is 23.9 Å². The van der Waals surface area contributed by atoms with Gasteiger partial charge in [-0.2, -0.15) is 0 Å². The molecular formula is C24H28O5. The van der Waals surface area contributed by atoms with E-state index in [9.17, 15) is 19.2 Å². The zero-order valence-corrected chi connectivity index (χ0v) is 17.7. The molecule has 29 heavy (non-hydrogen) atoms. The Balaban J connectivity index is 2.45. The molecule has 2 aliphatic rings. The fourth-order valence-electron chi connectivity index (χ4n) is 4.27. The molecule has 5 heteroatoms. The number of Topliss-reactive ketones (excluding diaryl/α,β-unsaturated/α-hetero) is 1. The second-order valence-electron chi connectivity index (χ2n) is 7.77. The van der Waals surface area contributed by atoms with Gasteiger partial charge in [-0.3, -0.25) is 19.2 Å². The van der Waals surface area contributed by atoms with Gasteiger partial charge in [-0.05, 0) is 57.9 Å². The first-order chi connectivity index (χ1) is 13.6. The van der Waals surface area contributed by atoms with Crippen LogP contribution in [0.25, 0.3) is 0 Å². The third kappa shape index (κ3) is 4.00. The second-order valence-corrected chi connectivity index (χ2v) is 7.77. The van der Waals surface area contributed by atoms with E-state index in [1.165, 1.54) is 12.2 Å². The molecule has 2 rings (SSSR count). The summed E-state index contributed by atoms with van der Waals surface area (Å²) in [5, 5.41) is 0. The first-order valence-electron chi connectivity index (χ1n) is 9.75. The number of rotatable bonds is 8. The first-order valence-corrected chi connectivity index (χ1v) is 9.75. The highest BCUT2D eigenvalue weighted by Crippen LogP contribution is 2.58. The summed E-state index contributed by atoms with van der Waals surface area (Å²) in [6.45, 7) is 8.56. The highest BCUT2D eigenvalue weighted by molar-refractivity contribution is 6.11. The summed E-state index contributed by atoms with van der Waals surface area (Å²) in [4.78, 5) is 50.9. The molecule has 0 spiro atoms. The molecule has 3 atom stereocenters. The van der Waals surface area contributed by atoms with Gasteiger partial charge in [0.1, 0.15) is 0 Å². The maximum atomic E-state index is 13.1. The highest BCUT2D eigenvalue weighted by Gasteiger charge is 2.68. The Bertz CT molecular complexity index is 883. The minimum Gasteiger partial charge on any atom is -0.450 e. The van der Waals surface area contributed by atoms with Crippen LogP contribution in [0, 0.1) is 11.3 Å². The summed E-state index contributed by atoms with van der Waals surface area (Å²) in [5.74, 6) is -1.97. The number of hydrogen-bond donors (Lipinski definition) is 0. The van der Waals surface area contributed by atoms with Crippen LogP contribution in [0.2, 0.25) is 0 Å². The Labute approximate surface area is 171 Å². The van der Waals surface area contributed by atoms with E-state index in [1.807, 2.05) is 13.8 Å². The van der Waals surface area contributed by atoms with Crippen molar-refractivity contribution in [1.29, 1.82) is 0 Å². The van der Waals surface area contributed by atoms with Crippen LogP contribution >= 0.6 is 0 Å². The number of ketones is 3. The molecule has 0 aromatic carbocycles. The van der Waals surface area contributed by atoms with Crippen molar-refractivity contribution in [2.75, 3.05) is 0 Å². The maximum absolute atomic E-state index is 13.1. The lowest BCUT2D eigenvalue weighted by molar-refractivity contribution is -0.156. The number of ether oxygens (including phenoxy) is 1. The van der Waals surface area contributed by atoms with Crippen LogP contribution in [-0.2, 0) is 23.9 Å². The summed E-state index contributed by atoms with van der Waals surface area (Å²) in [5.41, 5.74) is -1.76. The van der Waals surface area contributed by atoms with Crippen molar-refractivity contribution >= 4 is 23.3 Å². The number of carbonyl (C=O) groups is 4. The Morgan fingerprint density at radius 2 is 1.52 bits per heavy atom. The van der Waals surface area contributed by atoms with Crippen molar-refractivity contribution in [1.82, 2.24) is 0 Å². The van der Waals surface area contributed by atoms with E-state index in [-0.39, 0.29) is 30.2 Å². The lowest BCUT2D eigenvalue weighted by Gasteiger charge is -2.40. The molecule has 0 aromatic heterocycles. The molecular weight excluding hydrogens is 368 g/mol. The van der Waals surface area contributed by atoms with E-state index >= 15 is 0 Å². The molecule has 1 aliphatic heterocycles. The van der Waals surface area contributed by atoms with Gasteiger partial charge >= 0.3 is 5.97 Å². The lowest BCUT2D eigenvalue weighted by atomic mass is 9.58. The van der Waals surface area contributed by atoms with E-state index in [0.717, 1.165) is 0 Å². The molecule has 154 valence electrons. The molecule has 0 aromatic rings. The number of carbonyl (C=O) groups excluding carboxylic acids is 4. The monoisotopic (exact) mass is 396 g/mol. The van der Waals surface area contributed by atoms with Crippen LogP contribution in [0.3, 0.4) is 0 Å². The molecule has 1 fully saturated rings. The lowest BCUT2D eigenvalue weighted by Crippen LogP contribution is -2.50. The van der Waals surface area contributed by atoms with Gasteiger partial charge in [0, 0.05) is 18.8 Å². The van der Waals surface area contributed by atoms with E-state index in [1.54, 1.807) is 57.2 Å².